The lowest BCUT2D eigenvalue weighted by Gasteiger charge is -2.00. The molecule has 72 valence electrons. The first kappa shape index (κ1) is 10.2. The minimum absolute atomic E-state index is 0.301. The van der Waals surface area contributed by atoms with Crippen molar-refractivity contribution in [2.45, 2.75) is 19.8 Å². The summed E-state index contributed by atoms with van der Waals surface area (Å²) < 4.78 is 25.0. The largest absolute Gasteiger partial charge is 0.349 e. The van der Waals surface area contributed by atoms with Gasteiger partial charge in [-0.15, -0.1) is 4.29 Å². The molecule has 0 unspecified atom stereocenters. The molecule has 1 aromatic rings. The van der Waals surface area contributed by atoms with Gasteiger partial charge in [0, 0.05) is 6.20 Å². The smallest absolute Gasteiger partial charge is 0.307 e. The van der Waals surface area contributed by atoms with E-state index >= 15 is 0 Å². The molecular formula is C8H10ClNO3. The molecule has 13 heavy (non-hydrogen) atoms. The van der Waals surface area contributed by atoms with Gasteiger partial charge in [-0.25, -0.2) is 0 Å². The molecule has 0 aromatic carbocycles. The van der Waals surface area contributed by atoms with Gasteiger partial charge in [0.2, 0.25) is 0 Å². The predicted octanol–water partition coefficient (Wildman–Crippen LogP) is -0.501. The van der Waals surface area contributed by atoms with Gasteiger partial charge in [0.15, 0.2) is 0 Å². The first-order valence-electron chi connectivity index (χ1n) is 3.91. The lowest BCUT2D eigenvalue weighted by Crippen LogP contribution is -2.37. The molecule has 0 saturated carbocycles. The van der Waals surface area contributed by atoms with Crippen LogP contribution in [-0.4, -0.2) is 4.98 Å². The number of aryl methyl sites for hydroxylation is 1. The maximum atomic E-state index is 10.2. The highest BCUT2D eigenvalue weighted by Crippen LogP contribution is 2.17. The molecule has 4 nitrogen and oxygen atoms in total. The van der Waals surface area contributed by atoms with E-state index in [0.717, 1.165) is 6.42 Å². The Morgan fingerprint density at radius 1 is 1.54 bits per heavy atom. The van der Waals surface area contributed by atoms with Gasteiger partial charge in [-0.3, -0.25) is 4.98 Å². The van der Waals surface area contributed by atoms with Crippen LogP contribution in [-0.2, 0) is 6.42 Å². The van der Waals surface area contributed by atoms with Crippen LogP contribution in [0.5, 0.6) is 5.75 Å². The van der Waals surface area contributed by atoms with Crippen LogP contribution in [0.4, 0.5) is 0 Å². The second-order valence-corrected chi connectivity index (χ2v) is 3.00. The average molecular weight is 204 g/mol. The summed E-state index contributed by atoms with van der Waals surface area (Å²) in [7, 11) is -2.20. The Hall–Kier alpha value is -0.840. The first-order chi connectivity index (χ1) is 6.24. The summed E-state index contributed by atoms with van der Waals surface area (Å²) in [6, 6.07) is 3.22. The molecule has 1 aromatic heterocycles. The summed E-state index contributed by atoms with van der Waals surface area (Å²) in [5.74, 6) is 0.301. The topological polar surface area (TPSA) is 68.2 Å². The van der Waals surface area contributed by atoms with Gasteiger partial charge >= 0.3 is 10.8 Å². The van der Waals surface area contributed by atoms with Crippen molar-refractivity contribution in [3.8, 4) is 5.75 Å². The first-order valence-corrected chi connectivity index (χ1v) is 4.84. The second kappa shape index (κ2) is 5.01. The van der Waals surface area contributed by atoms with E-state index in [2.05, 4.69) is 9.27 Å². The van der Waals surface area contributed by atoms with Crippen molar-refractivity contribution >= 4 is 0 Å². The fourth-order valence-corrected chi connectivity index (χ4v) is 1.26. The summed E-state index contributed by atoms with van der Waals surface area (Å²) in [5, 5.41) is 0. The zero-order valence-electron chi connectivity index (χ0n) is 7.20. The van der Waals surface area contributed by atoms with Crippen LogP contribution in [0.3, 0.4) is 0 Å². The van der Waals surface area contributed by atoms with Crippen LogP contribution in [0, 0.1) is 10.8 Å². The van der Waals surface area contributed by atoms with Crippen molar-refractivity contribution in [2.24, 2.45) is 0 Å². The lowest BCUT2D eigenvalue weighted by atomic mass is 10.2. The number of nitrogens with zero attached hydrogens (tertiary/aromatic N) is 1. The molecule has 1 rings (SSSR count). The van der Waals surface area contributed by atoms with Crippen LogP contribution >= 0.6 is 0 Å². The Morgan fingerprint density at radius 3 is 2.92 bits per heavy atom. The third-order valence-corrected chi connectivity index (χ3v) is 1.77. The Labute approximate surface area is 79.6 Å². The Balaban J connectivity index is 2.78. The number of halogens is 1. The van der Waals surface area contributed by atoms with Crippen LogP contribution < -0.4 is 13.6 Å². The lowest BCUT2D eigenvalue weighted by molar-refractivity contribution is -1.62. The summed E-state index contributed by atoms with van der Waals surface area (Å²) in [5.41, 5.74) is 0.666. The quantitative estimate of drug-likeness (QED) is 0.662. The molecular weight excluding hydrogens is 194 g/mol. The average Bonchev–Trinajstić information content (AvgIpc) is 2.08. The van der Waals surface area contributed by atoms with E-state index in [1.807, 2.05) is 6.92 Å². The van der Waals surface area contributed by atoms with E-state index in [0.29, 0.717) is 17.9 Å². The molecule has 1 heterocycles. The standard InChI is InChI=1S/C8H10ClNO3/c1-2-4-7-8(13-9(11)12)5-3-6-10-7/h3,5-6H,2,4H2,1H3. The van der Waals surface area contributed by atoms with Gasteiger partial charge in [-0.2, -0.15) is 0 Å². The Morgan fingerprint density at radius 2 is 2.31 bits per heavy atom. The van der Waals surface area contributed by atoms with Crippen LogP contribution in [0.2, 0.25) is 0 Å². The molecule has 0 aliphatic carbocycles. The van der Waals surface area contributed by atoms with E-state index < -0.39 is 10.8 Å². The second-order valence-electron chi connectivity index (χ2n) is 2.46. The third-order valence-electron chi connectivity index (χ3n) is 1.48. The highest BCUT2D eigenvalue weighted by Gasteiger charge is 2.14. The SMILES string of the molecule is CCCc1ncccc1O[Cl+2]([O-])[O-]. The van der Waals surface area contributed by atoms with E-state index in [-0.39, 0.29) is 0 Å². The van der Waals surface area contributed by atoms with Crippen molar-refractivity contribution in [1.29, 1.82) is 0 Å². The molecule has 0 bridgehead atoms. The van der Waals surface area contributed by atoms with Crippen molar-refractivity contribution in [2.75, 3.05) is 0 Å². The normalized spacial score (nSPS) is 10.5. The molecule has 0 N–H and O–H groups in total. The number of hydrogen-bond donors (Lipinski definition) is 0. The van der Waals surface area contributed by atoms with Gasteiger partial charge < -0.3 is 9.32 Å². The van der Waals surface area contributed by atoms with E-state index in [1.54, 1.807) is 18.3 Å². The van der Waals surface area contributed by atoms with E-state index in [1.165, 1.54) is 0 Å². The number of pyridine rings is 1. The van der Waals surface area contributed by atoms with Gasteiger partial charge in [0.25, 0.3) is 5.75 Å². The fraction of sp³-hybridized carbons (Fsp3) is 0.375. The molecule has 0 fully saturated rings. The molecule has 0 atom stereocenters. The van der Waals surface area contributed by atoms with Gasteiger partial charge in [0.05, 0.1) is 5.69 Å². The maximum absolute atomic E-state index is 10.2. The zero-order valence-corrected chi connectivity index (χ0v) is 7.95. The van der Waals surface area contributed by atoms with Crippen LogP contribution in [0.1, 0.15) is 19.0 Å². The van der Waals surface area contributed by atoms with Gasteiger partial charge in [0.1, 0.15) is 0 Å². The fourth-order valence-electron chi connectivity index (χ4n) is 0.986. The van der Waals surface area contributed by atoms with Crippen molar-refractivity contribution in [3.05, 3.63) is 24.0 Å². The Bertz CT molecular complexity index is 267. The highest BCUT2D eigenvalue weighted by atomic mass is 35.6. The predicted molar refractivity (Wildman–Crippen MR) is 38.9 cm³/mol. The van der Waals surface area contributed by atoms with E-state index in [4.69, 9.17) is 0 Å². The molecule has 0 aliphatic heterocycles. The number of aromatic nitrogens is 1. The van der Waals surface area contributed by atoms with Crippen molar-refractivity contribution < 1.29 is 24.4 Å². The zero-order chi connectivity index (χ0) is 9.68. The number of rotatable bonds is 4. The highest BCUT2D eigenvalue weighted by molar-refractivity contribution is 5.25. The van der Waals surface area contributed by atoms with Crippen molar-refractivity contribution in [3.63, 3.8) is 0 Å². The molecule has 0 aliphatic rings. The summed E-state index contributed by atoms with van der Waals surface area (Å²) in [6.07, 6.45) is 3.22. The Kier molecular flexibility index (Phi) is 3.95. The van der Waals surface area contributed by atoms with Gasteiger partial charge in [-0.05, 0) is 18.6 Å². The molecule has 0 amide bonds. The summed E-state index contributed by atoms with van der Waals surface area (Å²) in [6.45, 7) is 1.99. The number of hydrogen-bond acceptors (Lipinski definition) is 4. The van der Waals surface area contributed by atoms with Crippen LogP contribution in [0.15, 0.2) is 18.3 Å². The summed E-state index contributed by atoms with van der Waals surface area (Å²) >= 11 is 0. The minimum atomic E-state index is -2.20. The molecule has 0 saturated heterocycles. The molecule has 0 spiro atoms. The maximum Gasteiger partial charge on any atom is 0.349 e. The summed E-state index contributed by atoms with van der Waals surface area (Å²) in [4.78, 5) is 4.02. The monoisotopic (exact) mass is 203 g/mol. The van der Waals surface area contributed by atoms with Gasteiger partial charge in [-0.1, -0.05) is 13.3 Å². The van der Waals surface area contributed by atoms with Crippen LogP contribution in [0.25, 0.3) is 0 Å². The molecule has 5 heteroatoms. The molecule has 0 radical (unpaired) electrons. The van der Waals surface area contributed by atoms with Crippen molar-refractivity contribution in [1.82, 2.24) is 4.98 Å². The van der Waals surface area contributed by atoms with E-state index in [9.17, 15) is 9.32 Å². The third kappa shape index (κ3) is 3.18. The minimum Gasteiger partial charge on any atom is -0.307 e.